The van der Waals surface area contributed by atoms with Gasteiger partial charge in [0.25, 0.3) is 0 Å². The van der Waals surface area contributed by atoms with Gasteiger partial charge in [-0.25, -0.2) is 0 Å². The first-order chi connectivity index (χ1) is 9.08. The van der Waals surface area contributed by atoms with E-state index >= 15 is 0 Å². The zero-order valence-electron chi connectivity index (χ0n) is 12.9. The third-order valence-corrected chi connectivity index (χ3v) is 2.40. The molecule has 1 aromatic heterocycles. The van der Waals surface area contributed by atoms with Crippen LogP contribution in [0.5, 0.6) is 0 Å². The largest absolute Gasteiger partial charge is 0.275 e. The lowest BCUT2D eigenvalue weighted by Crippen LogP contribution is -1.85. The standard InChI is InChI=1S/C12H14N2.C2H5F.C2H6/c1-9-4-5-12(10(2)6-9)11-7-13-14(3)8-11;1-2-3;1-2/h4-8H,1-3H3;2H2,1H3;1-2H3. The molecule has 19 heavy (non-hydrogen) atoms. The molecule has 0 amide bonds. The number of benzene rings is 1. The van der Waals surface area contributed by atoms with Crippen LogP contribution in [0.2, 0.25) is 0 Å². The molecule has 0 saturated carbocycles. The molecule has 1 heterocycles. The van der Waals surface area contributed by atoms with Crippen LogP contribution in [0.3, 0.4) is 0 Å². The van der Waals surface area contributed by atoms with Crippen molar-refractivity contribution in [2.24, 2.45) is 7.05 Å². The minimum atomic E-state index is -0.250. The van der Waals surface area contributed by atoms with Crippen LogP contribution in [0.15, 0.2) is 30.6 Å². The Hall–Kier alpha value is -1.64. The molecule has 0 atom stereocenters. The molecule has 0 aliphatic rings. The first kappa shape index (κ1) is 17.4. The average molecular weight is 264 g/mol. The van der Waals surface area contributed by atoms with Crippen molar-refractivity contribution in [3.63, 3.8) is 0 Å². The third kappa shape index (κ3) is 5.69. The van der Waals surface area contributed by atoms with E-state index in [2.05, 4.69) is 37.1 Å². The summed E-state index contributed by atoms with van der Waals surface area (Å²) < 4.78 is 12.1. The molecule has 2 rings (SSSR count). The molecule has 0 fully saturated rings. The van der Waals surface area contributed by atoms with Gasteiger partial charge in [0.2, 0.25) is 0 Å². The molecule has 0 aliphatic heterocycles. The molecule has 2 nitrogen and oxygen atoms in total. The van der Waals surface area contributed by atoms with Crippen molar-refractivity contribution in [2.45, 2.75) is 34.6 Å². The molecule has 106 valence electrons. The number of rotatable bonds is 1. The fourth-order valence-electron chi connectivity index (χ4n) is 1.70. The molecule has 0 N–H and O–H groups in total. The summed E-state index contributed by atoms with van der Waals surface area (Å²) in [7, 11) is 1.94. The van der Waals surface area contributed by atoms with Gasteiger partial charge in [-0.2, -0.15) is 5.10 Å². The van der Waals surface area contributed by atoms with Gasteiger partial charge in [-0.15, -0.1) is 0 Å². The van der Waals surface area contributed by atoms with Gasteiger partial charge in [-0.3, -0.25) is 9.07 Å². The summed E-state index contributed by atoms with van der Waals surface area (Å²) in [6.45, 7) is 9.45. The minimum Gasteiger partial charge on any atom is -0.275 e. The maximum Gasteiger partial charge on any atom is 0.0866 e. The summed E-state index contributed by atoms with van der Waals surface area (Å²) in [6.07, 6.45) is 3.94. The molecular formula is C16H25FN2. The first-order valence-electron chi connectivity index (χ1n) is 6.70. The smallest absolute Gasteiger partial charge is 0.0866 e. The van der Waals surface area contributed by atoms with Crippen molar-refractivity contribution >= 4 is 0 Å². The Bertz CT molecular complexity index is 475. The summed E-state index contributed by atoms with van der Waals surface area (Å²) in [5, 5.41) is 4.17. The molecule has 3 heteroatoms. The summed E-state index contributed by atoms with van der Waals surface area (Å²) in [5.74, 6) is 0. The number of aromatic nitrogens is 2. The first-order valence-corrected chi connectivity index (χ1v) is 6.70. The second-order valence-electron chi connectivity index (χ2n) is 3.99. The van der Waals surface area contributed by atoms with Crippen molar-refractivity contribution in [3.05, 3.63) is 41.7 Å². The van der Waals surface area contributed by atoms with Crippen LogP contribution >= 0.6 is 0 Å². The Balaban J connectivity index is 0.000000573. The third-order valence-electron chi connectivity index (χ3n) is 2.40. The minimum absolute atomic E-state index is 0.250. The van der Waals surface area contributed by atoms with E-state index in [0.717, 1.165) is 0 Å². The van der Waals surface area contributed by atoms with Gasteiger partial charge in [0.15, 0.2) is 0 Å². The molecule has 0 radical (unpaired) electrons. The molecule has 0 aliphatic carbocycles. The molecule has 2 aromatic rings. The number of nitrogens with zero attached hydrogens (tertiary/aromatic N) is 2. The highest BCUT2D eigenvalue weighted by molar-refractivity contribution is 5.66. The van der Waals surface area contributed by atoms with Crippen LogP contribution in [0.25, 0.3) is 11.1 Å². The zero-order chi connectivity index (χ0) is 14.8. The molecule has 0 spiro atoms. The van der Waals surface area contributed by atoms with Crippen LogP contribution in [0.4, 0.5) is 4.39 Å². The van der Waals surface area contributed by atoms with Crippen LogP contribution in [0.1, 0.15) is 31.9 Å². The number of hydrogen-bond donors (Lipinski definition) is 0. The van der Waals surface area contributed by atoms with E-state index < -0.39 is 0 Å². The highest BCUT2D eigenvalue weighted by Gasteiger charge is 2.03. The number of aryl methyl sites for hydroxylation is 3. The summed E-state index contributed by atoms with van der Waals surface area (Å²) in [4.78, 5) is 0. The van der Waals surface area contributed by atoms with E-state index in [1.807, 2.05) is 38.0 Å². The van der Waals surface area contributed by atoms with E-state index in [-0.39, 0.29) is 6.67 Å². The summed E-state index contributed by atoms with van der Waals surface area (Å²) >= 11 is 0. The van der Waals surface area contributed by atoms with Crippen molar-refractivity contribution in [2.75, 3.05) is 6.67 Å². The predicted molar refractivity (Wildman–Crippen MR) is 81.1 cm³/mol. The van der Waals surface area contributed by atoms with Gasteiger partial charge in [-0.05, 0) is 31.9 Å². The van der Waals surface area contributed by atoms with Gasteiger partial charge in [0.1, 0.15) is 0 Å². The van der Waals surface area contributed by atoms with E-state index in [0.29, 0.717) is 0 Å². The van der Waals surface area contributed by atoms with E-state index in [1.165, 1.54) is 29.2 Å². The second-order valence-corrected chi connectivity index (χ2v) is 3.99. The van der Waals surface area contributed by atoms with E-state index in [4.69, 9.17) is 0 Å². The summed E-state index contributed by atoms with van der Waals surface area (Å²) in [5.41, 5.74) is 5.06. The monoisotopic (exact) mass is 264 g/mol. The predicted octanol–water partition coefficient (Wildman–Crippen LogP) is 4.71. The molecule has 0 saturated heterocycles. The molecule has 0 bridgehead atoms. The van der Waals surface area contributed by atoms with Gasteiger partial charge in [-0.1, -0.05) is 37.6 Å². The number of alkyl halides is 1. The number of halogens is 1. The molecular weight excluding hydrogens is 239 g/mol. The normalized spacial score (nSPS) is 9.00. The van der Waals surface area contributed by atoms with Crippen molar-refractivity contribution < 1.29 is 4.39 Å². The molecule has 1 aromatic carbocycles. The summed E-state index contributed by atoms with van der Waals surface area (Å²) in [6, 6.07) is 6.49. The highest BCUT2D eigenvalue weighted by Crippen LogP contribution is 2.23. The van der Waals surface area contributed by atoms with Crippen molar-refractivity contribution in [1.29, 1.82) is 0 Å². The lowest BCUT2D eigenvalue weighted by Gasteiger charge is -2.03. The van der Waals surface area contributed by atoms with Gasteiger partial charge in [0.05, 0.1) is 12.9 Å². The van der Waals surface area contributed by atoms with Crippen LogP contribution < -0.4 is 0 Å². The Labute approximate surface area is 116 Å². The van der Waals surface area contributed by atoms with Gasteiger partial charge in [0, 0.05) is 18.8 Å². The SMILES string of the molecule is CC.CCF.Cc1ccc(-c2cnn(C)c2)c(C)c1. The van der Waals surface area contributed by atoms with Gasteiger partial charge >= 0.3 is 0 Å². The van der Waals surface area contributed by atoms with E-state index in [9.17, 15) is 4.39 Å². The van der Waals surface area contributed by atoms with Crippen LogP contribution in [-0.2, 0) is 7.05 Å². The second kappa shape index (κ2) is 9.31. The lowest BCUT2D eigenvalue weighted by atomic mass is 10.0. The quantitative estimate of drug-likeness (QED) is 0.729. The fourth-order valence-corrected chi connectivity index (χ4v) is 1.70. The maximum absolute atomic E-state index is 10.3. The van der Waals surface area contributed by atoms with E-state index in [1.54, 1.807) is 0 Å². The number of hydrogen-bond acceptors (Lipinski definition) is 1. The van der Waals surface area contributed by atoms with Crippen molar-refractivity contribution in [3.8, 4) is 11.1 Å². The zero-order valence-corrected chi connectivity index (χ0v) is 12.9. The van der Waals surface area contributed by atoms with Crippen molar-refractivity contribution in [1.82, 2.24) is 9.78 Å². The van der Waals surface area contributed by atoms with Crippen LogP contribution in [0, 0.1) is 13.8 Å². The molecule has 0 unspecified atom stereocenters. The average Bonchev–Trinajstić information content (AvgIpc) is 2.79. The Kier molecular flexibility index (Phi) is 8.51. The van der Waals surface area contributed by atoms with Crippen LogP contribution in [-0.4, -0.2) is 16.5 Å². The highest BCUT2D eigenvalue weighted by atomic mass is 19.1. The Morgan fingerprint density at radius 3 is 2.21 bits per heavy atom. The van der Waals surface area contributed by atoms with Gasteiger partial charge < -0.3 is 0 Å². The lowest BCUT2D eigenvalue weighted by molar-refractivity contribution is 0.527. The fraction of sp³-hybridized carbons (Fsp3) is 0.438. The topological polar surface area (TPSA) is 17.8 Å². The Morgan fingerprint density at radius 2 is 1.79 bits per heavy atom. The Morgan fingerprint density at radius 1 is 1.21 bits per heavy atom. The maximum atomic E-state index is 10.3.